The maximum atomic E-state index is 13.1. The van der Waals surface area contributed by atoms with E-state index >= 15 is 0 Å². The molecule has 0 spiro atoms. The third kappa shape index (κ3) is 5.81. The van der Waals surface area contributed by atoms with Gasteiger partial charge < -0.3 is 5.11 Å². The van der Waals surface area contributed by atoms with Crippen molar-refractivity contribution in [3.63, 3.8) is 0 Å². The highest BCUT2D eigenvalue weighted by molar-refractivity contribution is 9.10. The smallest absolute Gasteiger partial charge is 0.310 e. The molecule has 3 aromatic carbocycles. The summed E-state index contributed by atoms with van der Waals surface area (Å²) in [5.74, 6) is -0.189. The van der Waals surface area contributed by atoms with Crippen LogP contribution in [0.5, 0.6) is 5.75 Å². The molecule has 0 fully saturated rings. The Morgan fingerprint density at radius 3 is 2.39 bits per heavy atom. The molecule has 0 aromatic heterocycles. The average Bonchev–Trinajstić information content (AvgIpc) is 2.77. The molecule has 0 atom stereocenters. The summed E-state index contributed by atoms with van der Waals surface area (Å²) in [6.45, 7) is 0. The van der Waals surface area contributed by atoms with Gasteiger partial charge in [0.1, 0.15) is 0 Å². The molecule has 1 N–H and O–H groups in total. The fourth-order valence-corrected chi connectivity index (χ4v) is 3.94. The summed E-state index contributed by atoms with van der Waals surface area (Å²) in [7, 11) is 0. The van der Waals surface area contributed by atoms with E-state index in [1.807, 2.05) is 30.3 Å². The number of hydrogen-bond donors (Lipinski definition) is 1. The summed E-state index contributed by atoms with van der Waals surface area (Å²) in [4.78, 5) is 23.8. The Balaban J connectivity index is 1.94. The normalized spacial score (nSPS) is 11.0. The fourth-order valence-electron chi connectivity index (χ4n) is 2.69. The van der Waals surface area contributed by atoms with Crippen LogP contribution in [0.1, 0.15) is 27.0 Å². The van der Waals surface area contributed by atoms with Crippen LogP contribution in [0, 0.1) is 21.4 Å². The van der Waals surface area contributed by atoms with Gasteiger partial charge in [-0.05, 0) is 65.7 Å². The SMILES string of the molecule is N#Cc1ccc(C(=O)C(=Cc2ccc([N+](=O)[O-])c(O)c2)SCc2ccc(Br)cc2)cc1. The van der Waals surface area contributed by atoms with E-state index in [1.165, 1.54) is 30.0 Å². The predicted molar refractivity (Wildman–Crippen MR) is 124 cm³/mol. The number of hydrogen-bond acceptors (Lipinski definition) is 6. The Bertz CT molecular complexity index is 1200. The van der Waals surface area contributed by atoms with E-state index in [2.05, 4.69) is 15.9 Å². The van der Waals surface area contributed by atoms with E-state index < -0.39 is 16.4 Å². The number of halogens is 1. The minimum Gasteiger partial charge on any atom is -0.502 e. The number of phenolic OH excluding ortho intramolecular Hbond substituents is 1. The number of rotatable bonds is 7. The Labute approximate surface area is 191 Å². The molecule has 0 amide bonds. The molecule has 0 saturated carbocycles. The molecule has 0 aliphatic carbocycles. The van der Waals surface area contributed by atoms with Crippen LogP contribution in [0.4, 0.5) is 5.69 Å². The van der Waals surface area contributed by atoms with Gasteiger partial charge in [0.2, 0.25) is 0 Å². The first-order chi connectivity index (χ1) is 14.9. The average molecular weight is 495 g/mol. The highest BCUT2D eigenvalue weighted by Crippen LogP contribution is 2.31. The molecule has 3 rings (SSSR count). The van der Waals surface area contributed by atoms with Crippen molar-refractivity contribution < 1.29 is 14.8 Å². The molecule has 154 valence electrons. The van der Waals surface area contributed by atoms with E-state index in [1.54, 1.807) is 30.3 Å². The highest BCUT2D eigenvalue weighted by Gasteiger charge is 2.16. The molecular formula is C23H15BrN2O4S. The lowest BCUT2D eigenvalue weighted by Gasteiger charge is -2.08. The van der Waals surface area contributed by atoms with Gasteiger partial charge in [0, 0.05) is 21.9 Å². The number of thioether (sulfide) groups is 1. The topological polar surface area (TPSA) is 104 Å². The van der Waals surface area contributed by atoms with Crippen molar-refractivity contribution in [1.82, 2.24) is 0 Å². The molecule has 6 nitrogen and oxygen atoms in total. The summed E-state index contributed by atoms with van der Waals surface area (Å²) >= 11 is 4.71. The van der Waals surface area contributed by atoms with Crippen LogP contribution < -0.4 is 0 Å². The standard InChI is InChI=1S/C23H15BrN2O4S/c24-19-8-3-16(4-9-19)14-31-22(23(28)18-6-1-15(13-25)2-7-18)12-17-5-10-20(26(29)30)21(27)11-17/h1-12,27H,14H2. The second-order valence-corrected chi connectivity index (χ2v) is 8.38. The maximum Gasteiger partial charge on any atom is 0.310 e. The van der Waals surface area contributed by atoms with Crippen molar-refractivity contribution >= 4 is 45.2 Å². The van der Waals surface area contributed by atoms with E-state index in [-0.39, 0.29) is 5.78 Å². The lowest BCUT2D eigenvalue weighted by Crippen LogP contribution is -2.02. The number of ketones is 1. The molecule has 0 aliphatic rings. The minimum absolute atomic E-state index is 0.246. The first-order valence-corrected chi connectivity index (χ1v) is 10.8. The molecule has 31 heavy (non-hydrogen) atoms. The van der Waals surface area contributed by atoms with Gasteiger partial charge in [-0.25, -0.2) is 0 Å². The molecule has 0 radical (unpaired) electrons. The molecule has 3 aromatic rings. The second-order valence-electron chi connectivity index (χ2n) is 6.45. The number of carbonyl (C=O) groups is 1. The van der Waals surface area contributed by atoms with Gasteiger partial charge in [0.05, 0.1) is 21.5 Å². The van der Waals surface area contributed by atoms with Gasteiger partial charge in [0.25, 0.3) is 0 Å². The summed E-state index contributed by atoms with van der Waals surface area (Å²) in [5.41, 5.74) is 1.94. The van der Waals surface area contributed by atoms with Crippen LogP contribution in [0.15, 0.2) is 76.1 Å². The molecule has 0 saturated heterocycles. The lowest BCUT2D eigenvalue weighted by molar-refractivity contribution is -0.385. The van der Waals surface area contributed by atoms with Gasteiger partial charge in [-0.1, -0.05) is 28.1 Å². The zero-order valence-corrected chi connectivity index (χ0v) is 18.4. The number of phenols is 1. The van der Waals surface area contributed by atoms with E-state index in [0.717, 1.165) is 10.0 Å². The molecule has 0 unspecified atom stereocenters. The number of allylic oxidation sites excluding steroid dienone is 1. The van der Waals surface area contributed by atoms with Crippen molar-refractivity contribution in [1.29, 1.82) is 5.26 Å². The number of carbonyl (C=O) groups excluding carboxylic acids is 1. The summed E-state index contributed by atoms with van der Waals surface area (Å²) < 4.78 is 0.951. The third-order valence-corrected chi connectivity index (χ3v) is 5.92. The Hall–Kier alpha value is -3.41. The first-order valence-electron chi connectivity index (χ1n) is 8.98. The Morgan fingerprint density at radius 2 is 1.81 bits per heavy atom. The summed E-state index contributed by atoms with van der Waals surface area (Å²) in [6.07, 6.45) is 1.59. The molecule has 0 aliphatic heterocycles. The molecule has 0 bridgehead atoms. The van der Waals surface area contributed by atoms with E-state index in [4.69, 9.17) is 5.26 Å². The number of nitriles is 1. The van der Waals surface area contributed by atoms with Gasteiger partial charge in [-0.15, -0.1) is 11.8 Å². The Morgan fingerprint density at radius 1 is 1.13 bits per heavy atom. The van der Waals surface area contributed by atoms with Crippen molar-refractivity contribution in [2.45, 2.75) is 5.75 Å². The third-order valence-electron chi connectivity index (χ3n) is 4.30. The Kier molecular flexibility index (Phi) is 7.23. The molecular weight excluding hydrogens is 480 g/mol. The number of nitrogens with zero attached hydrogens (tertiary/aromatic N) is 2. The fraction of sp³-hybridized carbons (Fsp3) is 0.0435. The van der Waals surface area contributed by atoms with Crippen molar-refractivity contribution in [3.05, 3.63) is 108 Å². The van der Waals surface area contributed by atoms with Crippen LogP contribution in [-0.4, -0.2) is 15.8 Å². The van der Waals surface area contributed by atoms with Crippen LogP contribution in [0.25, 0.3) is 6.08 Å². The van der Waals surface area contributed by atoms with Gasteiger partial charge >= 0.3 is 5.69 Å². The van der Waals surface area contributed by atoms with Crippen LogP contribution in [0.3, 0.4) is 0 Å². The van der Waals surface area contributed by atoms with Gasteiger partial charge in [0.15, 0.2) is 11.5 Å². The van der Waals surface area contributed by atoms with E-state index in [0.29, 0.717) is 27.3 Å². The zero-order valence-electron chi connectivity index (χ0n) is 16.0. The maximum absolute atomic E-state index is 13.1. The zero-order chi connectivity index (χ0) is 22.4. The minimum atomic E-state index is -0.673. The predicted octanol–water partition coefficient (Wildman–Crippen LogP) is 6.09. The molecule has 0 heterocycles. The van der Waals surface area contributed by atoms with Gasteiger partial charge in [-0.2, -0.15) is 5.26 Å². The van der Waals surface area contributed by atoms with Crippen LogP contribution in [-0.2, 0) is 5.75 Å². The lowest BCUT2D eigenvalue weighted by atomic mass is 10.1. The number of benzene rings is 3. The van der Waals surface area contributed by atoms with Crippen LogP contribution >= 0.6 is 27.7 Å². The van der Waals surface area contributed by atoms with Crippen molar-refractivity contribution in [2.75, 3.05) is 0 Å². The second kappa shape index (κ2) is 10.1. The number of nitro benzene ring substituents is 1. The largest absolute Gasteiger partial charge is 0.502 e. The van der Waals surface area contributed by atoms with Crippen molar-refractivity contribution in [3.8, 4) is 11.8 Å². The monoisotopic (exact) mass is 494 g/mol. The van der Waals surface area contributed by atoms with Crippen molar-refractivity contribution in [2.24, 2.45) is 0 Å². The summed E-state index contributed by atoms with van der Waals surface area (Å²) in [5, 5.41) is 29.8. The number of Topliss-reactive ketones (excluding diaryl/α,β-unsaturated/α-hetero) is 1. The molecule has 8 heteroatoms. The quantitative estimate of drug-likeness (QED) is 0.184. The highest BCUT2D eigenvalue weighted by atomic mass is 79.9. The van der Waals surface area contributed by atoms with Crippen LogP contribution in [0.2, 0.25) is 0 Å². The number of aromatic hydroxyl groups is 1. The van der Waals surface area contributed by atoms with E-state index in [9.17, 15) is 20.0 Å². The first kappa shape index (κ1) is 22.3. The summed E-state index contributed by atoms with van der Waals surface area (Å²) in [6, 6.07) is 20.0. The van der Waals surface area contributed by atoms with Gasteiger partial charge in [-0.3, -0.25) is 14.9 Å². The number of nitro groups is 1.